The maximum absolute atomic E-state index is 6.16. The summed E-state index contributed by atoms with van der Waals surface area (Å²) in [6.07, 6.45) is 6.35. The molecule has 1 aliphatic rings. The van der Waals surface area contributed by atoms with Crippen molar-refractivity contribution in [2.45, 2.75) is 23.8 Å². The van der Waals surface area contributed by atoms with Gasteiger partial charge < -0.3 is 10.5 Å². The van der Waals surface area contributed by atoms with Gasteiger partial charge in [0, 0.05) is 4.90 Å². The zero-order valence-electron chi connectivity index (χ0n) is 9.48. The summed E-state index contributed by atoms with van der Waals surface area (Å²) in [6, 6.07) is 8.24. The van der Waals surface area contributed by atoms with Crippen molar-refractivity contribution in [2.75, 3.05) is 12.9 Å². The van der Waals surface area contributed by atoms with Gasteiger partial charge in [0.25, 0.3) is 0 Å². The van der Waals surface area contributed by atoms with Crippen molar-refractivity contribution >= 4 is 11.8 Å². The summed E-state index contributed by atoms with van der Waals surface area (Å²) >= 11 is 1.74. The van der Waals surface area contributed by atoms with Gasteiger partial charge in [0.15, 0.2) is 0 Å². The molecule has 0 fully saturated rings. The Labute approximate surface area is 101 Å². The second-order valence-electron chi connectivity index (χ2n) is 3.85. The second-order valence-corrected chi connectivity index (χ2v) is 4.73. The highest BCUT2D eigenvalue weighted by atomic mass is 32.2. The van der Waals surface area contributed by atoms with E-state index in [-0.39, 0.29) is 6.04 Å². The minimum absolute atomic E-state index is 0.115. The molecule has 0 aromatic heterocycles. The smallest absolute Gasteiger partial charge is 0.113 e. The predicted molar refractivity (Wildman–Crippen MR) is 68.4 cm³/mol. The minimum atomic E-state index is -0.115. The molecule has 3 heteroatoms. The van der Waals surface area contributed by atoms with E-state index in [9.17, 15) is 0 Å². The van der Waals surface area contributed by atoms with Crippen molar-refractivity contribution in [2.24, 2.45) is 5.73 Å². The highest BCUT2D eigenvalue weighted by Crippen LogP contribution is 2.25. The number of rotatable bonds is 3. The molecule has 16 heavy (non-hydrogen) atoms. The number of nitrogens with two attached hydrogens (primary N) is 1. The van der Waals surface area contributed by atoms with Crippen molar-refractivity contribution in [3.8, 4) is 0 Å². The predicted octanol–water partition coefficient (Wildman–Crippen LogP) is 3.10. The number of benzene rings is 1. The molecule has 0 saturated heterocycles. The third-order valence-electron chi connectivity index (χ3n) is 2.74. The molecule has 0 saturated carbocycles. The van der Waals surface area contributed by atoms with E-state index in [0.717, 1.165) is 30.8 Å². The van der Waals surface area contributed by atoms with Gasteiger partial charge in [0.05, 0.1) is 12.6 Å². The normalized spacial score (nSPS) is 17.5. The average Bonchev–Trinajstić information content (AvgIpc) is 2.39. The van der Waals surface area contributed by atoms with Gasteiger partial charge in [-0.15, -0.1) is 11.8 Å². The molecule has 2 nitrogen and oxygen atoms in total. The molecule has 1 unspecified atom stereocenters. The quantitative estimate of drug-likeness (QED) is 0.818. The summed E-state index contributed by atoms with van der Waals surface area (Å²) < 4.78 is 5.58. The van der Waals surface area contributed by atoms with E-state index in [4.69, 9.17) is 10.5 Å². The van der Waals surface area contributed by atoms with Crippen LogP contribution in [0.15, 0.2) is 41.0 Å². The van der Waals surface area contributed by atoms with E-state index >= 15 is 0 Å². The SMILES string of the molecule is CSc1ccc(C(N)C2=CCCCO2)cc1. The molecule has 86 valence electrons. The molecule has 0 spiro atoms. The first-order chi connectivity index (χ1) is 7.81. The van der Waals surface area contributed by atoms with Gasteiger partial charge in [-0.3, -0.25) is 0 Å². The molecule has 1 aromatic rings. The molecule has 0 amide bonds. The number of allylic oxidation sites excluding steroid dienone is 1. The van der Waals surface area contributed by atoms with Crippen LogP contribution in [0.1, 0.15) is 24.4 Å². The zero-order valence-corrected chi connectivity index (χ0v) is 10.3. The highest BCUT2D eigenvalue weighted by molar-refractivity contribution is 7.98. The topological polar surface area (TPSA) is 35.2 Å². The van der Waals surface area contributed by atoms with E-state index in [1.807, 2.05) is 0 Å². The molecule has 2 rings (SSSR count). The Morgan fingerprint density at radius 2 is 2.06 bits per heavy atom. The Bertz CT molecular complexity index is 372. The molecule has 1 heterocycles. The zero-order chi connectivity index (χ0) is 11.4. The minimum Gasteiger partial charge on any atom is -0.496 e. The van der Waals surface area contributed by atoms with Gasteiger partial charge in [0.1, 0.15) is 5.76 Å². The van der Waals surface area contributed by atoms with Crippen LogP contribution in [0.5, 0.6) is 0 Å². The summed E-state index contributed by atoms with van der Waals surface area (Å²) in [4.78, 5) is 1.26. The molecule has 2 N–H and O–H groups in total. The molecule has 0 radical (unpaired) electrons. The molecular formula is C13H17NOS. The van der Waals surface area contributed by atoms with Crippen LogP contribution >= 0.6 is 11.8 Å². The average molecular weight is 235 g/mol. The Morgan fingerprint density at radius 1 is 1.31 bits per heavy atom. The van der Waals surface area contributed by atoms with E-state index in [1.54, 1.807) is 11.8 Å². The third-order valence-corrected chi connectivity index (χ3v) is 3.49. The first-order valence-electron chi connectivity index (χ1n) is 5.53. The van der Waals surface area contributed by atoms with Gasteiger partial charge in [-0.25, -0.2) is 0 Å². The van der Waals surface area contributed by atoms with Crippen LogP contribution < -0.4 is 5.73 Å². The highest BCUT2D eigenvalue weighted by Gasteiger charge is 2.15. The fourth-order valence-corrected chi connectivity index (χ4v) is 2.18. The Hall–Kier alpha value is -0.930. The number of thioether (sulfide) groups is 1. The van der Waals surface area contributed by atoms with Crippen molar-refractivity contribution in [3.63, 3.8) is 0 Å². The van der Waals surface area contributed by atoms with Gasteiger partial charge >= 0.3 is 0 Å². The van der Waals surface area contributed by atoms with Crippen molar-refractivity contribution < 1.29 is 4.74 Å². The third kappa shape index (κ3) is 2.60. The summed E-state index contributed by atoms with van der Waals surface area (Å²) in [5.74, 6) is 0.920. The van der Waals surface area contributed by atoms with Crippen LogP contribution in [0, 0.1) is 0 Å². The maximum atomic E-state index is 6.16. The lowest BCUT2D eigenvalue weighted by Gasteiger charge is -2.21. The first-order valence-corrected chi connectivity index (χ1v) is 6.76. The molecular weight excluding hydrogens is 218 g/mol. The maximum Gasteiger partial charge on any atom is 0.113 e. The van der Waals surface area contributed by atoms with Crippen LogP contribution in [0.3, 0.4) is 0 Å². The first kappa shape index (κ1) is 11.6. The summed E-state index contributed by atoms with van der Waals surface area (Å²) in [5.41, 5.74) is 7.28. The lowest BCUT2D eigenvalue weighted by atomic mass is 10.0. The molecule has 1 aromatic carbocycles. The Morgan fingerprint density at radius 3 is 2.62 bits per heavy atom. The number of hydrogen-bond donors (Lipinski definition) is 1. The van der Waals surface area contributed by atoms with Crippen LogP contribution in [-0.2, 0) is 4.74 Å². The van der Waals surface area contributed by atoms with E-state index in [1.165, 1.54) is 4.90 Å². The van der Waals surface area contributed by atoms with Crippen LogP contribution in [0.25, 0.3) is 0 Å². The Kier molecular flexibility index (Phi) is 3.91. The molecule has 1 aliphatic heterocycles. The lowest BCUT2D eigenvalue weighted by Crippen LogP contribution is -2.17. The number of hydrogen-bond acceptors (Lipinski definition) is 3. The molecule has 1 atom stereocenters. The van der Waals surface area contributed by atoms with Crippen molar-refractivity contribution in [1.82, 2.24) is 0 Å². The number of ether oxygens (including phenoxy) is 1. The van der Waals surface area contributed by atoms with Crippen LogP contribution in [0.4, 0.5) is 0 Å². The Balaban J connectivity index is 2.13. The van der Waals surface area contributed by atoms with Crippen LogP contribution in [-0.4, -0.2) is 12.9 Å². The summed E-state index contributed by atoms with van der Waals surface area (Å²) in [6.45, 7) is 0.794. The van der Waals surface area contributed by atoms with E-state index < -0.39 is 0 Å². The largest absolute Gasteiger partial charge is 0.496 e. The fourth-order valence-electron chi connectivity index (χ4n) is 1.77. The molecule has 0 aliphatic carbocycles. The van der Waals surface area contributed by atoms with Gasteiger partial charge in [-0.05, 0) is 42.9 Å². The summed E-state index contributed by atoms with van der Waals surface area (Å²) in [7, 11) is 0. The van der Waals surface area contributed by atoms with Gasteiger partial charge in [-0.1, -0.05) is 12.1 Å². The van der Waals surface area contributed by atoms with Crippen LogP contribution in [0.2, 0.25) is 0 Å². The van der Waals surface area contributed by atoms with Crippen molar-refractivity contribution in [3.05, 3.63) is 41.7 Å². The lowest BCUT2D eigenvalue weighted by molar-refractivity contribution is 0.176. The van der Waals surface area contributed by atoms with E-state index in [2.05, 4.69) is 36.6 Å². The van der Waals surface area contributed by atoms with Crippen molar-refractivity contribution in [1.29, 1.82) is 0 Å². The fraction of sp³-hybridized carbons (Fsp3) is 0.385. The van der Waals surface area contributed by atoms with E-state index in [0.29, 0.717) is 0 Å². The summed E-state index contributed by atoms with van der Waals surface area (Å²) in [5, 5.41) is 0. The van der Waals surface area contributed by atoms with Gasteiger partial charge in [0.2, 0.25) is 0 Å². The monoisotopic (exact) mass is 235 g/mol. The standard InChI is InChI=1S/C13H17NOS/c1-16-11-7-5-10(6-8-11)13(14)12-4-2-3-9-15-12/h4-8,13H,2-3,9,14H2,1H3. The molecule has 0 bridgehead atoms. The van der Waals surface area contributed by atoms with Gasteiger partial charge in [-0.2, -0.15) is 0 Å². The second kappa shape index (κ2) is 5.41.